The number of carbonyl (C=O) groups is 2. The maximum atomic E-state index is 10.9. The van der Waals surface area contributed by atoms with Gasteiger partial charge in [-0.25, -0.2) is 4.79 Å². The van der Waals surface area contributed by atoms with Gasteiger partial charge >= 0.3 is 11.9 Å². The van der Waals surface area contributed by atoms with Gasteiger partial charge in [-0.05, 0) is 19.9 Å². The van der Waals surface area contributed by atoms with Crippen molar-refractivity contribution in [2.75, 3.05) is 6.54 Å². The third-order valence-corrected chi connectivity index (χ3v) is 3.03. The molecule has 7 heteroatoms. The Labute approximate surface area is 111 Å². The van der Waals surface area contributed by atoms with Crippen LogP contribution in [-0.2, 0) is 9.59 Å². The van der Waals surface area contributed by atoms with E-state index in [0.29, 0.717) is 0 Å². The van der Waals surface area contributed by atoms with Crippen molar-refractivity contribution in [3.05, 3.63) is 12.2 Å². The number of hydrogen-bond donors (Lipinski definition) is 5. The van der Waals surface area contributed by atoms with E-state index in [1.54, 1.807) is 0 Å². The van der Waals surface area contributed by atoms with Crippen LogP contribution in [0.2, 0.25) is 0 Å². The molecule has 3 unspecified atom stereocenters. The minimum atomic E-state index is -2.44. The summed E-state index contributed by atoms with van der Waals surface area (Å²) in [6.07, 6.45) is 1.34. The Kier molecular flexibility index (Phi) is 6.14. The van der Waals surface area contributed by atoms with E-state index in [-0.39, 0.29) is 6.42 Å². The summed E-state index contributed by atoms with van der Waals surface area (Å²) in [5.74, 6) is -3.02. The van der Waals surface area contributed by atoms with Crippen LogP contribution >= 0.6 is 0 Å². The summed E-state index contributed by atoms with van der Waals surface area (Å²) in [6.45, 7) is 4.03. The van der Waals surface area contributed by atoms with Gasteiger partial charge in [-0.1, -0.05) is 19.1 Å². The SMILES string of the molecule is CC1(C(=O)O)C=CCC(O)(C(=O)O)C1O.CCCN. The second-order valence-corrected chi connectivity index (χ2v) is 4.61. The monoisotopic (exact) mass is 275 g/mol. The molecule has 0 bridgehead atoms. The largest absolute Gasteiger partial charge is 0.481 e. The second-order valence-electron chi connectivity index (χ2n) is 4.61. The lowest BCUT2D eigenvalue weighted by Crippen LogP contribution is -2.59. The summed E-state index contributed by atoms with van der Waals surface area (Å²) in [7, 11) is 0. The number of hydrogen-bond acceptors (Lipinski definition) is 5. The highest BCUT2D eigenvalue weighted by Gasteiger charge is 2.56. The molecule has 7 nitrogen and oxygen atoms in total. The molecule has 6 N–H and O–H groups in total. The van der Waals surface area contributed by atoms with Crippen molar-refractivity contribution in [2.45, 2.75) is 38.4 Å². The van der Waals surface area contributed by atoms with Crippen LogP contribution in [0.15, 0.2) is 12.2 Å². The number of aliphatic hydroxyl groups excluding tert-OH is 1. The van der Waals surface area contributed by atoms with Crippen molar-refractivity contribution in [3.8, 4) is 0 Å². The van der Waals surface area contributed by atoms with Gasteiger partial charge in [0.15, 0.2) is 5.60 Å². The third kappa shape index (κ3) is 3.52. The molecule has 1 aliphatic rings. The average Bonchev–Trinajstić information content (AvgIpc) is 2.35. The molecule has 110 valence electrons. The van der Waals surface area contributed by atoms with Crippen molar-refractivity contribution in [3.63, 3.8) is 0 Å². The zero-order valence-electron chi connectivity index (χ0n) is 11.0. The van der Waals surface area contributed by atoms with Gasteiger partial charge in [-0.2, -0.15) is 0 Å². The Hall–Kier alpha value is -1.44. The maximum absolute atomic E-state index is 10.9. The van der Waals surface area contributed by atoms with Gasteiger partial charge < -0.3 is 26.2 Å². The molecular weight excluding hydrogens is 254 g/mol. The van der Waals surface area contributed by atoms with E-state index in [1.807, 2.05) is 0 Å². The fourth-order valence-electron chi connectivity index (χ4n) is 1.57. The Morgan fingerprint density at radius 3 is 2.16 bits per heavy atom. The van der Waals surface area contributed by atoms with Crippen molar-refractivity contribution >= 4 is 11.9 Å². The molecule has 0 radical (unpaired) electrons. The van der Waals surface area contributed by atoms with Gasteiger partial charge in [0, 0.05) is 6.42 Å². The van der Waals surface area contributed by atoms with Crippen LogP contribution in [0.25, 0.3) is 0 Å². The minimum absolute atomic E-state index is 0.313. The van der Waals surface area contributed by atoms with E-state index >= 15 is 0 Å². The van der Waals surface area contributed by atoms with E-state index < -0.39 is 29.1 Å². The van der Waals surface area contributed by atoms with Crippen molar-refractivity contribution in [1.82, 2.24) is 0 Å². The lowest BCUT2D eigenvalue weighted by molar-refractivity contribution is -0.188. The number of carboxylic acid groups (broad SMARTS) is 2. The standard InChI is InChI=1S/C9H12O6.C3H9N/c1-8(6(11)12)3-2-4-9(15,5(8)10)7(13)14;1-2-3-4/h2-3,5,10,15H,4H2,1H3,(H,11,12)(H,13,14);2-4H2,1H3. The van der Waals surface area contributed by atoms with Gasteiger partial charge in [-0.15, -0.1) is 0 Å². The predicted octanol–water partition coefficient (Wildman–Crippen LogP) is -0.431. The van der Waals surface area contributed by atoms with Crippen LogP contribution in [-0.4, -0.2) is 50.6 Å². The van der Waals surface area contributed by atoms with Crippen LogP contribution < -0.4 is 5.73 Å². The molecule has 0 fully saturated rings. The molecular formula is C12H21NO6. The van der Waals surface area contributed by atoms with E-state index in [1.165, 1.54) is 12.2 Å². The van der Waals surface area contributed by atoms with Crippen LogP contribution in [0.4, 0.5) is 0 Å². The van der Waals surface area contributed by atoms with Crippen LogP contribution in [0.1, 0.15) is 26.7 Å². The highest BCUT2D eigenvalue weighted by Crippen LogP contribution is 2.37. The molecule has 0 saturated carbocycles. The lowest BCUT2D eigenvalue weighted by Gasteiger charge is -2.39. The smallest absolute Gasteiger partial charge is 0.338 e. The number of aliphatic hydroxyl groups is 2. The zero-order valence-corrected chi connectivity index (χ0v) is 11.0. The Balaban J connectivity index is 0.000000711. The van der Waals surface area contributed by atoms with Gasteiger partial charge in [0.05, 0.1) is 0 Å². The summed E-state index contributed by atoms with van der Waals surface area (Å²) in [4.78, 5) is 21.6. The predicted molar refractivity (Wildman–Crippen MR) is 67.4 cm³/mol. The summed E-state index contributed by atoms with van der Waals surface area (Å²) in [5, 5.41) is 36.9. The molecule has 0 aromatic carbocycles. The number of aliphatic carboxylic acids is 2. The molecule has 0 heterocycles. The first-order valence-electron chi connectivity index (χ1n) is 5.91. The number of nitrogens with two attached hydrogens (primary N) is 1. The molecule has 19 heavy (non-hydrogen) atoms. The molecule has 1 aliphatic carbocycles. The van der Waals surface area contributed by atoms with E-state index in [2.05, 4.69) is 6.92 Å². The van der Waals surface area contributed by atoms with Gasteiger partial charge in [0.25, 0.3) is 0 Å². The molecule has 0 amide bonds. The Morgan fingerprint density at radius 1 is 1.37 bits per heavy atom. The summed E-state index contributed by atoms with van der Waals surface area (Å²) < 4.78 is 0. The number of carboxylic acids is 2. The normalized spacial score (nSPS) is 33.2. The Bertz CT molecular complexity index is 367. The summed E-state index contributed by atoms with van der Waals surface area (Å²) in [6, 6.07) is 0. The first-order chi connectivity index (χ1) is 8.66. The van der Waals surface area contributed by atoms with E-state index in [9.17, 15) is 19.8 Å². The van der Waals surface area contributed by atoms with Gasteiger partial charge in [-0.3, -0.25) is 4.79 Å². The van der Waals surface area contributed by atoms with Crippen molar-refractivity contribution < 1.29 is 30.0 Å². The second kappa shape index (κ2) is 6.65. The molecule has 3 atom stereocenters. The third-order valence-electron chi connectivity index (χ3n) is 3.03. The van der Waals surface area contributed by atoms with Crippen molar-refractivity contribution in [1.29, 1.82) is 0 Å². The molecule has 0 saturated heterocycles. The molecule has 0 aromatic heterocycles. The first kappa shape index (κ1) is 17.6. The molecule has 0 spiro atoms. The molecule has 0 aromatic rings. The molecule has 0 aliphatic heterocycles. The number of rotatable bonds is 3. The fourth-order valence-corrected chi connectivity index (χ4v) is 1.57. The highest BCUT2D eigenvalue weighted by atomic mass is 16.4. The lowest BCUT2D eigenvalue weighted by atomic mass is 9.70. The van der Waals surface area contributed by atoms with Crippen LogP contribution in [0.3, 0.4) is 0 Å². The van der Waals surface area contributed by atoms with Crippen molar-refractivity contribution in [2.24, 2.45) is 11.1 Å². The zero-order chi connectivity index (χ0) is 15.3. The summed E-state index contributed by atoms with van der Waals surface area (Å²) >= 11 is 0. The van der Waals surface area contributed by atoms with Crippen LogP contribution in [0.5, 0.6) is 0 Å². The van der Waals surface area contributed by atoms with E-state index in [0.717, 1.165) is 19.9 Å². The van der Waals surface area contributed by atoms with Gasteiger partial charge in [0.2, 0.25) is 0 Å². The first-order valence-corrected chi connectivity index (χ1v) is 5.91. The fraction of sp³-hybridized carbons (Fsp3) is 0.667. The summed E-state index contributed by atoms with van der Waals surface area (Å²) in [5.41, 5.74) is 0.799. The Morgan fingerprint density at radius 2 is 1.84 bits per heavy atom. The highest BCUT2D eigenvalue weighted by molar-refractivity contribution is 5.84. The topological polar surface area (TPSA) is 141 Å². The minimum Gasteiger partial charge on any atom is -0.481 e. The van der Waals surface area contributed by atoms with Crippen LogP contribution in [0, 0.1) is 5.41 Å². The van der Waals surface area contributed by atoms with E-state index in [4.69, 9.17) is 15.9 Å². The maximum Gasteiger partial charge on any atom is 0.338 e. The van der Waals surface area contributed by atoms with Gasteiger partial charge in [0.1, 0.15) is 11.5 Å². The average molecular weight is 275 g/mol. The quantitative estimate of drug-likeness (QED) is 0.440. The molecule has 1 rings (SSSR count).